The Bertz CT molecular complexity index is 661. The Kier molecular flexibility index (Phi) is 4.24. The van der Waals surface area contributed by atoms with E-state index in [1.54, 1.807) is 6.07 Å². The number of hydrogen-bond acceptors (Lipinski definition) is 3. The quantitative estimate of drug-likeness (QED) is 0.928. The highest BCUT2D eigenvalue weighted by atomic mass is 35.5. The molecule has 1 heterocycles. The smallest absolute Gasteiger partial charge is 0.161 e. The molecule has 3 nitrogen and oxygen atoms in total. The Morgan fingerprint density at radius 3 is 2.52 bits per heavy atom. The maximum Gasteiger partial charge on any atom is 0.161 e. The second-order valence-corrected chi connectivity index (χ2v) is 5.79. The van der Waals surface area contributed by atoms with Crippen molar-refractivity contribution in [1.82, 2.24) is 0 Å². The van der Waals surface area contributed by atoms with Gasteiger partial charge in [0.1, 0.15) is 13.2 Å². The van der Waals surface area contributed by atoms with Crippen molar-refractivity contribution in [2.45, 2.75) is 12.5 Å². The standard InChI is InChI=1S/C16H15Cl2NO2/c17-12-3-1-10(13(18)9-12)7-14(19)11-2-4-15-16(8-11)21-6-5-20-15/h1-4,8-9,14H,5-7,19H2. The van der Waals surface area contributed by atoms with Gasteiger partial charge in [0, 0.05) is 16.1 Å². The fraction of sp³-hybridized carbons (Fsp3) is 0.250. The molecule has 0 amide bonds. The molecule has 2 aromatic carbocycles. The van der Waals surface area contributed by atoms with Crippen LogP contribution in [0.5, 0.6) is 11.5 Å². The van der Waals surface area contributed by atoms with Gasteiger partial charge in [0.2, 0.25) is 0 Å². The van der Waals surface area contributed by atoms with Crippen LogP contribution in [0.15, 0.2) is 36.4 Å². The zero-order chi connectivity index (χ0) is 14.8. The van der Waals surface area contributed by atoms with Crippen LogP contribution in [-0.2, 0) is 6.42 Å². The first-order valence-corrected chi connectivity index (χ1v) is 7.48. The van der Waals surface area contributed by atoms with Gasteiger partial charge in [-0.3, -0.25) is 0 Å². The molecule has 3 rings (SSSR count). The van der Waals surface area contributed by atoms with E-state index in [1.165, 1.54) is 0 Å². The molecule has 21 heavy (non-hydrogen) atoms. The Labute approximate surface area is 133 Å². The number of nitrogens with two attached hydrogens (primary N) is 1. The van der Waals surface area contributed by atoms with Crippen molar-refractivity contribution in [2.24, 2.45) is 5.73 Å². The molecule has 2 aromatic rings. The molecule has 0 saturated carbocycles. The van der Waals surface area contributed by atoms with Crippen LogP contribution in [0.1, 0.15) is 17.2 Å². The molecule has 0 radical (unpaired) electrons. The predicted molar refractivity (Wildman–Crippen MR) is 84.5 cm³/mol. The fourth-order valence-electron chi connectivity index (χ4n) is 2.33. The van der Waals surface area contributed by atoms with E-state index >= 15 is 0 Å². The van der Waals surface area contributed by atoms with E-state index in [9.17, 15) is 0 Å². The third kappa shape index (κ3) is 3.26. The number of rotatable bonds is 3. The number of halogens is 2. The highest BCUT2D eigenvalue weighted by molar-refractivity contribution is 6.35. The lowest BCUT2D eigenvalue weighted by molar-refractivity contribution is 0.171. The zero-order valence-corrected chi connectivity index (χ0v) is 12.8. The fourth-order valence-corrected chi connectivity index (χ4v) is 2.82. The molecule has 110 valence electrons. The summed E-state index contributed by atoms with van der Waals surface area (Å²) < 4.78 is 11.1. The Hall–Kier alpha value is -1.42. The van der Waals surface area contributed by atoms with Gasteiger partial charge in [-0.15, -0.1) is 0 Å². The minimum Gasteiger partial charge on any atom is -0.486 e. The summed E-state index contributed by atoms with van der Waals surface area (Å²) in [6, 6.07) is 11.1. The van der Waals surface area contributed by atoms with Crippen molar-refractivity contribution in [3.05, 3.63) is 57.6 Å². The third-order valence-corrected chi connectivity index (χ3v) is 4.04. The van der Waals surface area contributed by atoms with Gasteiger partial charge in [-0.05, 0) is 41.8 Å². The summed E-state index contributed by atoms with van der Waals surface area (Å²) in [6.45, 7) is 1.15. The van der Waals surface area contributed by atoms with Crippen LogP contribution in [0.25, 0.3) is 0 Å². The summed E-state index contributed by atoms with van der Waals surface area (Å²) in [4.78, 5) is 0. The van der Waals surface area contributed by atoms with Gasteiger partial charge >= 0.3 is 0 Å². The first kappa shape index (κ1) is 14.5. The maximum absolute atomic E-state index is 6.28. The van der Waals surface area contributed by atoms with Crippen LogP contribution in [0.4, 0.5) is 0 Å². The molecular weight excluding hydrogens is 309 g/mol. The summed E-state index contributed by atoms with van der Waals surface area (Å²) in [5.74, 6) is 1.51. The molecule has 5 heteroatoms. The summed E-state index contributed by atoms with van der Waals surface area (Å²) >= 11 is 12.1. The van der Waals surface area contributed by atoms with Gasteiger partial charge in [0.25, 0.3) is 0 Å². The van der Waals surface area contributed by atoms with E-state index in [2.05, 4.69) is 0 Å². The van der Waals surface area contributed by atoms with Crippen molar-refractivity contribution in [3.63, 3.8) is 0 Å². The van der Waals surface area contributed by atoms with Crippen LogP contribution >= 0.6 is 23.2 Å². The van der Waals surface area contributed by atoms with E-state index < -0.39 is 0 Å². The molecule has 0 fully saturated rings. The summed E-state index contributed by atoms with van der Waals surface area (Å²) in [6.07, 6.45) is 0.635. The van der Waals surface area contributed by atoms with Gasteiger partial charge in [-0.1, -0.05) is 35.3 Å². The molecule has 1 unspecified atom stereocenters. The predicted octanol–water partition coefficient (Wildman–Crippen LogP) is 4.01. The summed E-state index contributed by atoms with van der Waals surface area (Å²) in [5, 5.41) is 1.26. The van der Waals surface area contributed by atoms with Crippen LogP contribution in [-0.4, -0.2) is 13.2 Å². The molecular formula is C16H15Cl2NO2. The third-order valence-electron chi connectivity index (χ3n) is 3.45. The molecule has 0 spiro atoms. The van der Waals surface area contributed by atoms with E-state index in [0.717, 1.165) is 22.6 Å². The summed E-state index contributed by atoms with van der Waals surface area (Å²) in [5.41, 5.74) is 8.25. The topological polar surface area (TPSA) is 44.5 Å². The number of benzene rings is 2. The molecule has 1 aliphatic rings. The normalized spacial score (nSPS) is 14.8. The molecule has 0 aromatic heterocycles. The number of fused-ring (bicyclic) bond motifs is 1. The van der Waals surface area contributed by atoms with Gasteiger partial charge in [0.05, 0.1) is 0 Å². The minimum absolute atomic E-state index is 0.167. The first-order valence-electron chi connectivity index (χ1n) is 6.72. The average molecular weight is 324 g/mol. The van der Waals surface area contributed by atoms with Crippen molar-refractivity contribution >= 4 is 23.2 Å². The van der Waals surface area contributed by atoms with Gasteiger partial charge in [0.15, 0.2) is 11.5 Å². The monoisotopic (exact) mass is 323 g/mol. The van der Waals surface area contributed by atoms with Gasteiger partial charge in [-0.2, -0.15) is 0 Å². The summed E-state index contributed by atoms with van der Waals surface area (Å²) in [7, 11) is 0. The van der Waals surface area contributed by atoms with Gasteiger partial charge in [-0.25, -0.2) is 0 Å². The van der Waals surface area contributed by atoms with E-state index in [1.807, 2.05) is 30.3 Å². The van der Waals surface area contributed by atoms with E-state index in [0.29, 0.717) is 29.7 Å². The van der Waals surface area contributed by atoms with E-state index in [4.69, 9.17) is 38.4 Å². The number of ether oxygens (including phenoxy) is 2. The molecule has 0 saturated heterocycles. The lowest BCUT2D eigenvalue weighted by Crippen LogP contribution is -2.17. The Morgan fingerprint density at radius 1 is 1.00 bits per heavy atom. The van der Waals surface area contributed by atoms with E-state index in [-0.39, 0.29) is 6.04 Å². The molecule has 0 aliphatic carbocycles. The second-order valence-electron chi connectivity index (χ2n) is 4.95. The minimum atomic E-state index is -0.167. The lowest BCUT2D eigenvalue weighted by atomic mass is 9.99. The Balaban J connectivity index is 1.80. The molecule has 0 bridgehead atoms. The second kappa shape index (κ2) is 6.14. The maximum atomic E-state index is 6.28. The van der Waals surface area contributed by atoms with Crippen LogP contribution in [0, 0.1) is 0 Å². The van der Waals surface area contributed by atoms with Crippen molar-refractivity contribution in [1.29, 1.82) is 0 Å². The van der Waals surface area contributed by atoms with Crippen LogP contribution in [0.3, 0.4) is 0 Å². The zero-order valence-electron chi connectivity index (χ0n) is 11.3. The Morgan fingerprint density at radius 2 is 1.76 bits per heavy atom. The largest absolute Gasteiger partial charge is 0.486 e. The highest BCUT2D eigenvalue weighted by Gasteiger charge is 2.16. The van der Waals surface area contributed by atoms with Crippen molar-refractivity contribution in [3.8, 4) is 11.5 Å². The van der Waals surface area contributed by atoms with Crippen LogP contribution in [0.2, 0.25) is 10.0 Å². The van der Waals surface area contributed by atoms with Gasteiger partial charge < -0.3 is 15.2 Å². The molecule has 2 N–H and O–H groups in total. The van der Waals surface area contributed by atoms with Crippen molar-refractivity contribution in [2.75, 3.05) is 13.2 Å². The first-order chi connectivity index (χ1) is 10.1. The highest BCUT2D eigenvalue weighted by Crippen LogP contribution is 2.33. The van der Waals surface area contributed by atoms with Crippen LogP contribution < -0.4 is 15.2 Å². The molecule has 1 aliphatic heterocycles. The average Bonchev–Trinajstić information content (AvgIpc) is 2.49. The lowest BCUT2D eigenvalue weighted by Gasteiger charge is -2.20. The number of hydrogen-bond donors (Lipinski definition) is 1. The molecule has 1 atom stereocenters. The van der Waals surface area contributed by atoms with Crippen molar-refractivity contribution < 1.29 is 9.47 Å². The SMILES string of the molecule is NC(Cc1ccc(Cl)cc1Cl)c1ccc2c(c1)OCCO2.